The third-order valence-corrected chi connectivity index (χ3v) is 4.47. The van der Waals surface area contributed by atoms with Crippen LogP contribution in [0.1, 0.15) is 35.0 Å². The fourth-order valence-corrected chi connectivity index (χ4v) is 3.08. The second-order valence-corrected chi connectivity index (χ2v) is 6.29. The van der Waals surface area contributed by atoms with E-state index >= 15 is 0 Å². The molecule has 0 atom stereocenters. The van der Waals surface area contributed by atoms with E-state index < -0.39 is 0 Å². The van der Waals surface area contributed by atoms with Gasteiger partial charge in [0.05, 0.1) is 12.1 Å². The number of aryl methyl sites for hydroxylation is 2. The number of halogens is 1. The average molecular weight is 356 g/mol. The van der Waals surface area contributed by atoms with Crippen LogP contribution in [0.25, 0.3) is 0 Å². The number of hydrogen-bond donors (Lipinski definition) is 0. The Kier molecular flexibility index (Phi) is 4.24. The van der Waals surface area contributed by atoms with Crippen LogP contribution in [0.2, 0.25) is 0 Å². The number of rotatable bonds is 5. The standard InChI is InChI=1S/C18H17FN4O3/c1-11-10-25-21-14(11)9-16-20-17(26-22-16)6-7-23-15-4-3-13(19)8-12(15)2-5-18(23)24/h3-4,8,10H,2,5-7,9H2,1H3. The molecule has 8 heteroatoms. The van der Waals surface area contributed by atoms with Crippen LogP contribution in [0.15, 0.2) is 33.5 Å². The second-order valence-electron chi connectivity index (χ2n) is 6.29. The predicted octanol–water partition coefficient (Wildman–Crippen LogP) is 2.62. The number of nitrogens with zero attached hydrogens (tertiary/aromatic N) is 4. The summed E-state index contributed by atoms with van der Waals surface area (Å²) in [7, 11) is 0. The van der Waals surface area contributed by atoms with Crippen LogP contribution in [-0.2, 0) is 24.1 Å². The molecule has 2 aromatic heterocycles. The molecule has 3 heterocycles. The first-order valence-electron chi connectivity index (χ1n) is 8.40. The van der Waals surface area contributed by atoms with Gasteiger partial charge in [-0.3, -0.25) is 4.79 Å². The van der Waals surface area contributed by atoms with Crippen molar-refractivity contribution in [3.05, 3.63) is 58.8 Å². The molecule has 0 fully saturated rings. The second kappa shape index (κ2) is 6.70. The number of carbonyl (C=O) groups is 1. The zero-order chi connectivity index (χ0) is 18.1. The van der Waals surface area contributed by atoms with Crippen molar-refractivity contribution in [3.8, 4) is 0 Å². The molecular formula is C18H17FN4O3. The van der Waals surface area contributed by atoms with E-state index in [0.29, 0.717) is 43.9 Å². The Balaban J connectivity index is 1.45. The Hall–Kier alpha value is -3.03. The largest absolute Gasteiger partial charge is 0.364 e. The highest BCUT2D eigenvalue weighted by molar-refractivity contribution is 5.96. The first-order chi connectivity index (χ1) is 12.6. The molecule has 0 spiro atoms. The quantitative estimate of drug-likeness (QED) is 0.699. The van der Waals surface area contributed by atoms with Crippen LogP contribution in [0.4, 0.5) is 10.1 Å². The van der Waals surface area contributed by atoms with Gasteiger partial charge < -0.3 is 13.9 Å². The summed E-state index contributed by atoms with van der Waals surface area (Å²) in [4.78, 5) is 18.3. The minimum atomic E-state index is -0.289. The lowest BCUT2D eigenvalue weighted by atomic mass is 10.0. The van der Waals surface area contributed by atoms with Crippen molar-refractivity contribution in [1.29, 1.82) is 0 Å². The fraction of sp³-hybridized carbons (Fsp3) is 0.333. The highest BCUT2D eigenvalue weighted by Crippen LogP contribution is 2.28. The van der Waals surface area contributed by atoms with Crippen molar-refractivity contribution >= 4 is 11.6 Å². The van der Waals surface area contributed by atoms with Gasteiger partial charge in [0.2, 0.25) is 11.8 Å². The number of hydrogen-bond acceptors (Lipinski definition) is 6. The van der Waals surface area contributed by atoms with Crippen LogP contribution >= 0.6 is 0 Å². The minimum absolute atomic E-state index is 0.0158. The number of amides is 1. The van der Waals surface area contributed by atoms with E-state index in [0.717, 1.165) is 22.5 Å². The highest BCUT2D eigenvalue weighted by Gasteiger charge is 2.25. The molecule has 134 valence electrons. The normalized spacial score (nSPS) is 13.9. The molecule has 7 nitrogen and oxygen atoms in total. The van der Waals surface area contributed by atoms with Crippen molar-refractivity contribution in [1.82, 2.24) is 15.3 Å². The summed E-state index contributed by atoms with van der Waals surface area (Å²) in [6.07, 6.45) is 3.35. The van der Waals surface area contributed by atoms with Gasteiger partial charge in [-0.2, -0.15) is 4.98 Å². The summed E-state index contributed by atoms with van der Waals surface area (Å²) in [6, 6.07) is 4.50. The molecule has 26 heavy (non-hydrogen) atoms. The van der Waals surface area contributed by atoms with Crippen LogP contribution in [0.3, 0.4) is 0 Å². The third kappa shape index (κ3) is 3.22. The average Bonchev–Trinajstić information content (AvgIpc) is 3.24. The van der Waals surface area contributed by atoms with Crippen molar-refractivity contribution in [2.24, 2.45) is 0 Å². The summed E-state index contributed by atoms with van der Waals surface area (Å²) in [6.45, 7) is 2.30. The molecular weight excluding hydrogens is 339 g/mol. The van der Waals surface area contributed by atoms with Gasteiger partial charge in [-0.25, -0.2) is 4.39 Å². The predicted molar refractivity (Wildman–Crippen MR) is 89.1 cm³/mol. The minimum Gasteiger partial charge on any atom is -0.364 e. The zero-order valence-corrected chi connectivity index (χ0v) is 14.2. The Morgan fingerprint density at radius 2 is 2.15 bits per heavy atom. The van der Waals surface area contributed by atoms with E-state index in [-0.39, 0.29) is 11.7 Å². The molecule has 0 saturated heterocycles. The smallest absolute Gasteiger partial charge is 0.228 e. The lowest BCUT2D eigenvalue weighted by molar-refractivity contribution is -0.118. The topological polar surface area (TPSA) is 85.3 Å². The van der Waals surface area contributed by atoms with Crippen LogP contribution in [-0.4, -0.2) is 27.7 Å². The Bertz CT molecular complexity index is 950. The Morgan fingerprint density at radius 1 is 1.27 bits per heavy atom. The van der Waals surface area contributed by atoms with E-state index in [1.54, 1.807) is 17.2 Å². The van der Waals surface area contributed by atoms with E-state index in [1.807, 2.05) is 6.92 Å². The first kappa shape index (κ1) is 16.4. The van der Waals surface area contributed by atoms with Crippen molar-refractivity contribution in [2.75, 3.05) is 11.4 Å². The molecule has 0 aliphatic carbocycles. The van der Waals surface area contributed by atoms with Crippen LogP contribution < -0.4 is 4.90 Å². The van der Waals surface area contributed by atoms with Gasteiger partial charge in [-0.15, -0.1) is 0 Å². The molecule has 1 aliphatic heterocycles. The Labute approximate surface area is 148 Å². The molecule has 0 saturated carbocycles. The van der Waals surface area contributed by atoms with Crippen LogP contribution in [0, 0.1) is 12.7 Å². The monoisotopic (exact) mass is 356 g/mol. The molecule has 4 rings (SSSR count). The van der Waals surface area contributed by atoms with Gasteiger partial charge in [0.15, 0.2) is 5.82 Å². The fourth-order valence-electron chi connectivity index (χ4n) is 3.08. The number of anilines is 1. The number of carbonyl (C=O) groups excluding carboxylic acids is 1. The van der Waals surface area contributed by atoms with Crippen molar-refractivity contribution in [2.45, 2.75) is 32.6 Å². The molecule has 1 aromatic carbocycles. The maximum absolute atomic E-state index is 13.4. The van der Waals surface area contributed by atoms with Crippen molar-refractivity contribution < 1.29 is 18.2 Å². The third-order valence-electron chi connectivity index (χ3n) is 4.47. The molecule has 0 bridgehead atoms. The van der Waals surface area contributed by atoms with Gasteiger partial charge in [-0.1, -0.05) is 10.3 Å². The number of benzene rings is 1. The molecule has 1 amide bonds. The molecule has 0 radical (unpaired) electrons. The Morgan fingerprint density at radius 3 is 2.96 bits per heavy atom. The summed E-state index contributed by atoms with van der Waals surface area (Å²) < 4.78 is 23.6. The van der Waals surface area contributed by atoms with Gasteiger partial charge >= 0.3 is 0 Å². The molecule has 0 unspecified atom stereocenters. The van der Waals surface area contributed by atoms with Gasteiger partial charge in [0.1, 0.15) is 12.1 Å². The maximum Gasteiger partial charge on any atom is 0.228 e. The maximum atomic E-state index is 13.4. The highest BCUT2D eigenvalue weighted by atomic mass is 19.1. The first-order valence-corrected chi connectivity index (χ1v) is 8.40. The van der Waals surface area contributed by atoms with Gasteiger partial charge in [0, 0.05) is 30.6 Å². The van der Waals surface area contributed by atoms with Gasteiger partial charge in [0.25, 0.3) is 0 Å². The lowest BCUT2D eigenvalue weighted by Gasteiger charge is -2.29. The number of fused-ring (bicyclic) bond motifs is 1. The summed E-state index contributed by atoms with van der Waals surface area (Å²) >= 11 is 0. The zero-order valence-electron chi connectivity index (χ0n) is 14.2. The lowest BCUT2D eigenvalue weighted by Crippen LogP contribution is -2.36. The number of aromatic nitrogens is 3. The summed E-state index contributed by atoms with van der Waals surface area (Å²) in [5.74, 6) is 0.692. The van der Waals surface area contributed by atoms with E-state index in [1.165, 1.54) is 12.1 Å². The molecule has 0 N–H and O–H groups in total. The van der Waals surface area contributed by atoms with E-state index in [4.69, 9.17) is 9.05 Å². The van der Waals surface area contributed by atoms with E-state index in [2.05, 4.69) is 15.3 Å². The SMILES string of the molecule is Cc1conc1Cc1noc(CCN2C(=O)CCc3cc(F)ccc32)n1. The summed E-state index contributed by atoms with van der Waals surface area (Å²) in [5.41, 5.74) is 3.29. The van der Waals surface area contributed by atoms with Gasteiger partial charge in [-0.05, 0) is 37.1 Å². The molecule has 1 aliphatic rings. The van der Waals surface area contributed by atoms with Crippen LogP contribution in [0.5, 0.6) is 0 Å². The van der Waals surface area contributed by atoms with Crippen molar-refractivity contribution in [3.63, 3.8) is 0 Å². The summed E-state index contributed by atoms with van der Waals surface area (Å²) in [5, 5.41) is 7.85. The molecule has 3 aromatic rings. The van der Waals surface area contributed by atoms with E-state index in [9.17, 15) is 9.18 Å².